The second kappa shape index (κ2) is 8.31. The van der Waals surface area contributed by atoms with Crippen LogP contribution in [0.5, 0.6) is 0 Å². The fourth-order valence-electron chi connectivity index (χ4n) is 7.89. The normalized spacial score (nSPS) is 17.0. The van der Waals surface area contributed by atoms with Crippen LogP contribution in [0, 0.1) is 0 Å². The maximum absolute atomic E-state index is 2.64. The van der Waals surface area contributed by atoms with Crippen molar-refractivity contribution in [3.05, 3.63) is 156 Å². The molecule has 2 heterocycles. The van der Waals surface area contributed by atoms with Crippen LogP contribution in [-0.4, -0.2) is 0 Å². The Morgan fingerprint density at radius 2 is 1.17 bits per heavy atom. The SMILES string of the molecule is c1ccc2c(c1)-c1c(sc3c4ccccc4c4ccccc4c13)C1C2c2ccccc2N1c1ccc2ccccc2c1. The minimum absolute atomic E-state index is 0.184. The van der Waals surface area contributed by atoms with Crippen molar-refractivity contribution in [3.8, 4) is 11.1 Å². The lowest BCUT2D eigenvalue weighted by atomic mass is 9.76. The van der Waals surface area contributed by atoms with Gasteiger partial charge < -0.3 is 4.90 Å². The van der Waals surface area contributed by atoms with Gasteiger partial charge in [-0.2, -0.15) is 0 Å². The van der Waals surface area contributed by atoms with Gasteiger partial charge in [0.1, 0.15) is 0 Å². The number of para-hydroxylation sites is 1. The van der Waals surface area contributed by atoms with Crippen molar-refractivity contribution in [1.29, 1.82) is 0 Å². The Hall–Kier alpha value is -4.92. The molecule has 0 N–H and O–H groups in total. The molecule has 0 saturated carbocycles. The van der Waals surface area contributed by atoms with Gasteiger partial charge in [-0.15, -0.1) is 11.3 Å². The molecular formula is C40H25NS. The predicted octanol–water partition coefficient (Wildman–Crippen LogP) is 11.4. The van der Waals surface area contributed by atoms with E-state index >= 15 is 0 Å². The number of benzene rings is 7. The van der Waals surface area contributed by atoms with Crippen LogP contribution in [0.2, 0.25) is 0 Å². The van der Waals surface area contributed by atoms with Crippen LogP contribution in [0.4, 0.5) is 11.4 Å². The van der Waals surface area contributed by atoms with Crippen molar-refractivity contribution >= 4 is 65.1 Å². The van der Waals surface area contributed by atoms with E-state index in [1.807, 2.05) is 11.3 Å². The third-order valence-corrected chi connectivity index (χ3v) is 10.9. The van der Waals surface area contributed by atoms with Crippen LogP contribution >= 0.6 is 11.3 Å². The fraction of sp³-hybridized carbons (Fsp3) is 0.0500. The zero-order valence-electron chi connectivity index (χ0n) is 22.8. The number of hydrogen-bond acceptors (Lipinski definition) is 2. The molecule has 0 saturated heterocycles. The first-order valence-corrected chi connectivity index (χ1v) is 15.5. The lowest BCUT2D eigenvalue weighted by molar-refractivity contribution is 0.662. The monoisotopic (exact) mass is 551 g/mol. The predicted molar refractivity (Wildman–Crippen MR) is 179 cm³/mol. The molecule has 196 valence electrons. The van der Waals surface area contributed by atoms with Crippen molar-refractivity contribution in [2.24, 2.45) is 0 Å². The molecule has 1 aromatic heterocycles. The quantitative estimate of drug-likeness (QED) is 0.183. The molecule has 0 bridgehead atoms. The maximum Gasteiger partial charge on any atom is 0.0800 e. The van der Waals surface area contributed by atoms with E-state index in [9.17, 15) is 0 Å². The molecule has 2 heteroatoms. The lowest BCUT2D eigenvalue weighted by Gasteiger charge is -2.35. The summed E-state index contributed by atoms with van der Waals surface area (Å²) in [7, 11) is 0. The first-order valence-electron chi connectivity index (χ1n) is 14.7. The summed E-state index contributed by atoms with van der Waals surface area (Å²) in [5.41, 5.74) is 8.23. The molecule has 8 aromatic rings. The van der Waals surface area contributed by atoms with Gasteiger partial charge in [0, 0.05) is 43.2 Å². The first-order chi connectivity index (χ1) is 20.9. The highest BCUT2D eigenvalue weighted by atomic mass is 32.1. The molecule has 0 fully saturated rings. The summed E-state index contributed by atoms with van der Waals surface area (Å²) in [5, 5.41) is 9.34. The number of nitrogens with zero attached hydrogens (tertiary/aromatic N) is 1. The van der Waals surface area contributed by atoms with Crippen molar-refractivity contribution in [2.75, 3.05) is 4.90 Å². The van der Waals surface area contributed by atoms with E-state index in [1.54, 1.807) is 0 Å². The smallest absolute Gasteiger partial charge is 0.0800 e. The van der Waals surface area contributed by atoms with Crippen molar-refractivity contribution in [3.63, 3.8) is 0 Å². The molecule has 42 heavy (non-hydrogen) atoms. The minimum Gasteiger partial charge on any atom is -0.332 e. The molecular weight excluding hydrogens is 527 g/mol. The highest BCUT2D eigenvalue weighted by molar-refractivity contribution is 7.21. The molecule has 1 nitrogen and oxygen atoms in total. The Balaban J connectivity index is 1.36. The highest BCUT2D eigenvalue weighted by Gasteiger charge is 2.47. The molecule has 7 aromatic carbocycles. The van der Waals surface area contributed by atoms with E-state index in [0.29, 0.717) is 0 Å². The van der Waals surface area contributed by atoms with Gasteiger partial charge in [-0.05, 0) is 61.8 Å². The van der Waals surface area contributed by atoms with Gasteiger partial charge in [0.15, 0.2) is 0 Å². The van der Waals surface area contributed by atoms with Gasteiger partial charge in [0.25, 0.3) is 0 Å². The number of hydrogen-bond donors (Lipinski definition) is 0. The van der Waals surface area contributed by atoms with Crippen LogP contribution in [0.1, 0.15) is 28.0 Å². The molecule has 2 atom stereocenters. The Labute approximate surface area is 247 Å². The van der Waals surface area contributed by atoms with E-state index in [1.165, 1.54) is 80.9 Å². The summed E-state index contributed by atoms with van der Waals surface area (Å²) in [6.45, 7) is 0. The van der Waals surface area contributed by atoms with E-state index < -0.39 is 0 Å². The summed E-state index contributed by atoms with van der Waals surface area (Å²) in [5.74, 6) is 0.266. The average Bonchev–Trinajstić information content (AvgIpc) is 3.63. The molecule has 0 radical (unpaired) electrons. The number of thiophene rings is 1. The topological polar surface area (TPSA) is 3.24 Å². The first kappa shape index (κ1) is 22.7. The van der Waals surface area contributed by atoms with Gasteiger partial charge >= 0.3 is 0 Å². The molecule has 2 unspecified atom stereocenters. The van der Waals surface area contributed by atoms with Crippen molar-refractivity contribution in [2.45, 2.75) is 12.0 Å². The largest absolute Gasteiger partial charge is 0.332 e. The summed E-state index contributed by atoms with van der Waals surface area (Å²) in [4.78, 5) is 4.11. The van der Waals surface area contributed by atoms with E-state index in [4.69, 9.17) is 0 Å². The zero-order valence-corrected chi connectivity index (χ0v) is 23.6. The molecule has 1 aliphatic carbocycles. The fourth-order valence-corrected chi connectivity index (χ4v) is 9.39. The number of anilines is 2. The van der Waals surface area contributed by atoms with Crippen molar-refractivity contribution in [1.82, 2.24) is 0 Å². The summed E-state index contributed by atoms with van der Waals surface area (Å²) in [6, 6.07) is 52.1. The van der Waals surface area contributed by atoms with Crippen LogP contribution in [-0.2, 0) is 0 Å². The Morgan fingerprint density at radius 1 is 0.524 bits per heavy atom. The van der Waals surface area contributed by atoms with Gasteiger partial charge in [-0.1, -0.05) is 121 Å². The van der Waals surface area contributed by atoms with E-state index in [0.717, 1.165) is 0 Å². The molecule has 1 aliphatic heterocycles. The minimum atomic E-state index is 0.184. The van der Waals surface area contributed by atoms with Crippen LogP contribution in [0.3, 0.4) is 0 Å². The van der Waals surface area contributed by atoms with Crippen LogP contribution in [0.15, 0.2) is 140 Å². The zero-order chi connectivity index (χ0) is 27.4. The number of rotatable bonds is 1. The van der Waals surface area contributed by atoms with Crippen molar-refractivity contribution < 1.29 is 0 Å². The third-order valence-electron chi connectivity index (χ3n) is 9.56. The average molecular weight is 552 g/mol. The third kappa shape index (κ3) is 2.87. The Bertz CT molecular complexity index is 2400. The van der Waals surface area contributed by atoms with E-state index in [-0.39, 0.29) is 12.0 Å². The van der Waals surface area contributed by atoms with Gasteiger partial charge in [0.05, 0.1) is 6.04 Å². The second-order valence-corrected chi connectivity index (χ2v) is 12.7. The lowest BCUT2D eigenvalue weighted by Crippen LogP contribution is -2.25. The Morgan fingerprint density at radius 3 is 2.02 bits per heavy atom. The van der Waals surface area contributed by atoms with Gasteiger partial charge in [-0.3, -0.25) is 0 Å². The standard InChI is InChI=1S/C40H25NS/c1-2-12-25-23-26(22-21-24(25)11-1)41-34-20-10-9-19-33(34)35-30-16-6-7-17-31(30)37-36-29-15-5-3-13-27(29)28-14-4-8-18-32(28)39(36)42-40(37)38(35)41/h1-23,35,38H. The maximum atomic E-state index is 2.64. The van der Waals surface area contributed by atoms with Crippen LogP contribution < -0.4 is 4.90 Å². The van der Waals surface area contributed by atoms with E-state index in [2.05, 4.69) is 144 Å². The molecule has 0 amide bonds. The molecule has 2 aliphatic rings. The second-order valence-electron chi connectivity index (χ2n) is 11.6. The van der Waals surface area contributed by atoms with Gasteiger partial charge in [-0.25, -0.2) is 0 Å². The molecule has 10 rings (SSSR count). The highest BCUT2D eigenvalue weighted by Crippen LogP contribution is 2.64. The summed E-state index contributed by atoms with van der Waals surface area (Å²) < 4.78 is 1.40. The number of fused-ring (bicyclic) bond motifs is 16. The Kier molecular flexibility index (Phi) is 4.50. The summed E-state index contributed by atoms with van der Waals surface area (Å²) in [6.07, 6.45) is 0. The van der Waals surface area contributed by atoms with Gasteiger partial charge in [0.2, 0.25) is 0 Å². The molecule has 0 spiro atoms. The summed E-state index contributed by atoms with van der Waals surface area (Å²) >= 11 is 2.02. The van der Waals surface area contributed by atoms with Crippen LogP contribution in [0.25, 0.3) is 53.5 Å².